The van der Waals surface area contributed by atoms with E-state index in [1.807, 2.05) is 30.3 Å². The molecule has 0 saturated carbocycles. The molecule has 1 amide bonds. The van der Waals surface area contributed by atoms with E-state index >= 15 is 0 Å². The van der Waals surface area contributed by atoms with Crippen LogP contribution in [0.25, 0.3) is 0 Å². The molecule has 30 heavy (non-hydrogen) atoms. The predicted octanol–water partition coefficient (Wildman–Crippen LogP) is 3.34. The Bertz CT molecular complexity index is 901. The Hall–Kier alpha value is -3.22. The molecule has 0 bridgehead atoms. The molecule has 160 valence electrons. The Morgan fingerprint density at radius 3 is 2.47 bits per heavy atom. The number of carbonyl (C=O) groups excluding carboxylic acids is 2. The molecule has 2 aromatic rings. The average molecular weight is 413 g/mol. The van der Waals surface area contributed by atoms with Gasteiger partial charge < -0.3 is 24.3 Å². The Kier molecular flexibility index (Phi) is 6.50. The maximum Gasteiger partial charge on any atom is 0.344 e. The van der Waals surface area contributed by atoms with Crippen LogP contribution in [0.15, 0.2) is 42.5 Å². The van der Waals surface area contributed by atoms with Gasteiger partial charge in [-0.15, -0.1) is 0 Å². The highest BCUT2D eigenvalue weighted by Crippen LogP contribution is 2.32. The topological polar surface area (TPSA) is 83.1 Å². The Balaban J connectivity index is 1.41. The van der Waals surface area contributed by atoms with Crippen LogP contribution < -0.4 is 19.5 Å². The molecule has 1 atom stereocenters. The molecule has 0 fully saturated rings. The molecule has 0 unspecified atom stereocenters. The van der Waals surface area contributed by atoms with Gasteiger partial charge in [-0.25, -0.2) is 4.79 Å². The Labute approximate surface area is 176 Å². The SMILES string of the molecule is C[C@H](OC(=O)COc1ccc(C(C)(C)C)cc1)C(=O)NCc1ccc2c(c1)OCO2. The van der Waals surface area contributed by atoms with Gasteiger partial charge in [-0.05, 0) is 47.7 Å². The molecular formula is C23H27NO6. The zero-order chi connectivity index (χ0) is 21.7. The molecule has 1 heterocycles. The largest absolute Gasteiger partial charge is 0.482 e. The lowest BCUT2D eigenvalue weighted by molar-refractivity contribution is -0.156. The lowest BCUT2D eigenvalue weighted by Crippen LogP contribution is -2.36. The first-order chi connectivity index (χ1) is 14.2. The third-order valence-electron chi connectivity index (χ3n) is 4.66. The van der Waals surface area contributed by atoms with Crippen molar-refractivity contribution in [2.45, 2.75) is 45.8 Å². The molecule has 1 aliphatic rings. The van der Waals surface area contributed by atoms with Crippen molar-refractivity contribution in [3.05, 3.63) is 53.6 Å². The number of ether oxygens (including phenoxy) is 4. The molecule has 1 aliphatic heterocycles. The van der Waals surface area contributed by atoms with Crippen LogP contribution in [0.1, 0.15) is 38.8 Å². The quantitative estimate of drug-likeness (QED) is 0.701. The monoisotopic (exact) mass is 413 g/mol. The van der Waals surface area contributed by atoms with Gasteiger partial charge in [0.1, 0.15) is 5.75 Å². The summed E-state index contributed by atoms with van der Waals surface area (Å²) in [5.74, 6) is 0.894. The number of carbonyl (C=O) groups is 2. The fourth-order valence-corrected chi connectivity index (χ4v) is 2.86. The van der Waals surface area contributed by atoms with Crippen molar-refractivity contribution in [1.82, 2.24) is 5.32 Å². The molecule has 7 nitrogen and oxygen atoms in total. The number of hydrogen-bond acceptors (Lipinski definition) is 6. The van der Waals surface area contributed by atoms with Gasteiger partial charge in [-0.3, -0.25) is 4.79 Å². The van der Waals surface area contributed by atoms with Gasteiger partial charge >= 0.3 is 5.97 Å². The van der Waals surface area contributed by atoms with Crippen molar-refractivity contribution in [3.63, 3.8) is 0 Å². The standard InChI is InChI=1S/C23H27NO6/c1-15(22(26)24-12-16-5-10-19-20(11-16)29-14-28-19)30-21(25)13-27-18-8-6-17(7-9-18)23(2,3)4/h5-11,15H,12-14H2,1-4H3,(H,24,26)/t15-/m0/s1. The van der Waals surface area contributed by atoms with Gasteiger partial charge in [-0.1, -0.05) is 39.0 Å². The average Bonchev–Trinajstić information content (AvgIpc) is 3.18. The molecular weight excluding hydrogens is 386 g/mol. The molecule has 2 aromatic carbocycles. The zero-order valence-electron chi connectivity index (χ0n) is 17.7. The van der Waals surface area contributed by atoms with E-state index < -0.39 is 18.0 Å². The summed E-state index contributed by atoms with van der Waals surface area (Å²) < 4.78 is 21.2. The molecule has 0 radical (unpaired) electrons. The van der Waals surface area contributed by atoms with Crippen LogP contribution in [0.4, 0.5) is 0 Å². The van der Waals surface area contributed by atoms with E-state index in [1.54, 1.807) is 12.1 Å². The van der Waals surface area contributed by atoms with E-state index in [-0.39, 0.29) is 25.4 Å². The summed E-state index contributed by atoms with van der Waals surface area (Å²) in [7, 11) is 0. The lowest BCUT2D eigenvalue weighted by atomic mass is 9.87. The number of fused-ring (bicyclic) bond motifs is 1. The Morgan fingerprint density at radius 2 is 1.77 bits per heavy atom. The van der Waals surface area contributed by atoms with Crippen molar-refractivity contribution >= 4 is 11.9 Å². The first kappa shape index (κ1) is 21.5. The van der Waals surface area contributed by atoms with Crippen LogP contribution >= 0.6 is 0 Å². The summed E-state index contributed by atoms with van der Waals surface area (Å²) >= 11 is 0. The van der Waals surface area contributed by atoms with Crippen molar-refractivity contribution in [3.8, 4) is 17.2 Å². The van der Waals surface area contributed by atoms with E-state index in [0.717, 1.165) is 5.56 Å². The molecule has 1 N–H and O–H groups in total. The van der Waals surface area contributed by atoms with Crippen LogP contribution in [0.5, 0.6) is 17.2 Å². The summed E-state index contributed by atoms with van der Waals surface area (Å²) in [6, 6.07) is 13.0. The summed E-state index contributed by atoms with van der Waals surface area (Å²) in [6.45, 7) is 8.10. The minimum atomic E-state index is -0.932. The Morgan fingerprint density at radius 1 is 1.07 bits per heavy atom. The molecule has 0 spiro atoms. The van der Waals surface area contributed by atoms with Gasteiger partial charge in [-0.2, -0.15) is 0 Å². The number of amides is 1. The third kappa shape index (κ3) is 5.65. The summed E-state index contributed by atoms with van der Waals surface area (Å²) in [5.41, 5.74) is 2.07. The minimum absolute atomic E-state index is 0.0425. The molecule has 0 aromatic heterocycles. The number of benzene rings is 2. The highest BCUT2D eigenvalue weighted by Gasteiger charge is 2.19. The van der Waals surface area contributed by atoms with Gasteiger partial charge in [0.05, 0.1) is 0 Å². The van der Waals surface area contributed by atoms with E-state index in [1.165, 1.54) is 12.5 Å². The van der Waals surface area contributed by atoms with Gasteiger partial charge in [0.15, 0.2) is 24.2 Å². The van der Waals surface area contributed by atoms with Crippen LogP contribution in [-0.4, -0.2) is 31.4 Å². The predicted molar refractivity (Wildman–Crippen MR) is 111 cm³/mol. The highest BCUT2D eigenvalue weighted by molar-refractivity contribution is 5.83. The number of nitrogens with one attached hydrogen (secondary N) is 1. The summed E-state index contributed by atoms with van der Waals surface area (Å²) in [6.07, 6.45) is -0.932. The molecule has 3 rings (SSSR count). The van der Waals surface area contributed by atoms with Gasteiger partial charge in [0.2, 0.25) is 6.79 Å². The van der Waals surface area contributed by atoms with Crippen molar-refractivity contribution in [1.29, 1.82) is 0 Å². The van der Waals surface area contributed by atoms with E-state index in [0.29, 0.717) is 17.2 Å². The summed E-state index contributed by atoms with van der Waals surface area (Å²) in [5, 5.41) is 2.74. The first-order valence-electron chi connectivity index (χ1n) is 9.81. The lowest BCUT2D eigenvalue weighted by Gasteiger charge is -2.19. The second-order valence-corrected chi connectivity index (χ2v) is 8.10. The van der Waals surface area contributed by atoms with Crippen molar-refractivity contribution < 1.29 is 28.5 Å². The zero-order valence-corrected chi connectivity index (χ0v) is 17.7. The van der Waals surface area contributed by atoms with Crippen molar-refractivity contribution in [2.75, 3.05) is 13.4 Å². The summed E-state index contributed by atoms with van der Waals surface area (Å²) in [4.78, 5) is 24.2. The highest BCUT2D eigenvalue weighted by atomic mass is 16.7. The first-order valence-corrected chi connectivity index (χ1v) is 9.81. The second-order valence-electron chi connectivity index (χ2n) is 8.10. The smallest absolute Gasteiger partial charge is 0.344 e. The third-order valence-corrected chi connectivity index (χ3v) is 4.66. The molecule has 0 saturated heterocycles. The fraction of sp³-hybridized carbons (Fsp3) is 0.391. The normalized spacial score (nSPS) is 13.5. The van der Waals surface area contributed by atoms with Gasteiger partial charge in [0, 0.05) is 6.54 Å². The van der Waals surface area contributed by atoms with Gasteiger partial charge in [0.25, 0.3) is 5.91 Å². The van der Waals surface area contributed by atoms with E-state index in [2.05, 4.69) is 26.1 Å². The van der Waals surface area contributed by atoms with Crippen LogP contribution in [0, 0.1) is 0 Å². The molecule has 0 aliphatic carbocycles. The van der Waals surface area contributed by atoms with Crippen molar-refractivity contribution in [2.24, 2.45) is 0 Å². The number of rotatable bonds is 7. The maximum absolute atomic E-state index is 12.2. The van der Waals surface area contributed by atoms with E-state index in [4.69, 9.17) is 18.9 Å². The number of esters is 1. The molecule has 7 heteroatoms. The fourth-order valence-electron chi connectivity index (χ4n) is 2.86. The number of hydrogen-bond donors (Lipinski definition) is 1. The van der Waals surface area contributed by atoms with E-state index in [9.17, 15) is 9.59 Å². The second kappa shape index (κ2) is 9.07. The van der Waals surface area contributed by atoms with Crippen LogP contribution in [-0.2, 0) is 26.3 Å². The van der Waals surface area contributed by atoms with Crippen LogP contribution in [0.2, 0.25) is 0 Å². The van der Waals surface area contributed by atoms with Crippen LogP contribution in [0.3, 0.4) is 0 Å². The minimum Gasteiger partial charge on any atom is -0.482 e. The maximum atomic E-state index is 12.2.